The van der Waals surface area contributed by atoms with E-state index in [0.717, 1.165) is 46.6 Å². The van der Waals surface area contributed by atoms with Gasteiger partial charge >= 0.3 is 0 Å². The van der Waals surface area contributed by atoms with Crippen LogP contribution in [0.2, 0.25) is 0 Å². The van der Waals surface area contributed by atoms with Gasteiger partial charge in [0, 0.05) is 29.3 Å². The van der Waals surface area contributed by atoms with E-state index in [9.17, 15) is 0 Å². The van der Waals surface area contributed by atoms with Gasteiger partial charge in [-0.25, -0.2) is 9.97 Å². The molecular formula is C17H21BrN4. The fraction of sp³-hybridized carbons (Fsp3) is 0.412. The van der Waals surface area contributed by atoms with Crippen LogP contribution in [-0.4, -0.2) is 23.1 Å². The van der Waals surface area contributed by atoms with Gasteiger partial charge in [0.1, 0.15) is 17.5 Å². The molecule has 1 fully saturated rings. The van der Waals surface area contributed by atoms with Crippen LogP contribution in [0.1, 0.15) is 25.6 Å². The summed E-state index contributed by atoms with van der Waals surface area (Å²) in [7, 11) is 0. The van der Waals surface area contributed by atoms with Crippen LogP contribution in [0.5, 0.6) is 0 Å². The summed E-state index contributed by atoms with van der Waals surface area (Å²) in [5, 5.41) is 3.37. The van der Waals surface area contributed by atoms with Gasteiger partial charge in [0.2, 0.25) is 0 Å². The van der Waals surface area contributed by atoms with Crippen LogP contribution in [0, 0.1) is 12.8 Å². The molecule has 0 radical (unpaired) electrons. The molecule has 5 heteroatoms. The standard InChI is InChI=1S/C17H21BrN4/c1-12-6-8-22(9-7-12)17-11-16(19-13(2)20-17)21-15-5-3-4-14(18)10-15/h3-5,10-12H,6-9H2,1-2H3,(H,19,20,21). The van der Waals surface area contributed by atoms with Crippen molar-refractivity contribution in [2.45, 2.75) is 26.7 Å². The van der Waals surface area contributed by atoms with Crippen LogP contribution >= 0.6 is 15.9 Å². The lowest BCUT2D eigenvalue weighted by Crippen LogP contribution is -2.33. The van der Waals surface area contributed by atoms with Gasteiger partial charge in [-0.05, 0) is 43.9 Å². The van der Waals surface area contributed by atoms with Crippen molar-refractivity contribution in [2.24, 2.45) is 5.92 Å². The lowest BCUT2D eigenvalue weighted by atomic mass is 9.99. The van der Waals surface area contributed by atoms with Crippen molar-refractivity contribution in [1.82, 2.24) is 9.97 Å². The topological polar surface area (TPSA) is 41.1 Å². The first-order valence-corrected chi connectivity index (χ1v) is 8.53. The summed E-state index contributed by atoms with van der Waals surface area (Å²) in [6, 6.07) is 10.1. The molecule has 0 amide bonds. The zero-order valence-corrected chi connectivity index (χ0v) is 14.6. The molecule has 1 saturated heterocycles. The van der Waals surface area contributed by atoms with Crippen LogP contribution in [0.25, 0.3) is 0 Å². The summed E-state index contributed by atoms with van der Waals surface area (Å²) in [6.07, 6.45) is 2.47. The van der Waals surface area contributed by atoms with Gasteiger partial charge in [0.15, 0.2) is 0 Å². The molecule has 1 aromatic heterocycles. The van der Waals surface area contributed by atoms with E-state index in [1.807, 2.05) is 37.3 Å². The highest BCUT2D eigenvalue weighted by Gasteiger charge is 2.18. The van der Waals surface area contributed by atoms with E-state index in [-0.39, 0.29) is 0 Å². The molecule has 2 heterocycles. The monoisotopic (exact) mass is 360 g/mol. The van der Waals surface area contributed by atoms with Crippen molar-refractivity contribution in [3.05, 3.63) is 40.6 Å². The molecule has 1 aromatic carbocycles. The minimum atomic E-state index is 0.800. The minimum absolute atomic E-state index is 0.800. The molecule has 1 N–H and O–H groups in total. The number of piperidine rings is 1. The van der Waals surface area contributed by atoms with Gasteiger partial charge in [-0.15, -0.1) is 0 Å². The Bertz CT molecular complexity index is 651. The Morgan fingerprint density at radius 1 is 1.18 bits per heavy atom. The van der Waals surface area contributed by atoms with E-state index in [1.54, 1.807) is 0 Å². The van der Waals surface area contributed by atoms with E-state index in [2.05, 4.69) is 43.0 Å². The van der Waals surface area contributed by atoms with Gasteiger partial charge in [0.25, 0.3) is 0 Å². The predicted molar refractivity (Wildman–Crippen MR) is 94.8 cm³/mol. The smallest absolute Gasteiger partial charge is 0.136 e. The van der Waals surface area contributed by atoms with E-state index >= 15 is 0 Å². The van der Waals surface area contributed by atoms with Crippen molar-refractivity contribution in [1.29, 1.82) is 0 Å². The Morgan fingerprint density at radius 2 is 1.95 bits per heavy atom. The first kappa shape index (κ1) is 15.3. The van der Waals surface area contributed by atoms with Crippen molar-refractivity contribution < 1.29 is 0 Å². The molecule has 0 unspecified atom stereocenters. The fourth-order valence-corrected chi connectivity index (χ4v) is 3.13. The Kier molecular flexibility index (Phi) is 4.62. The fourth-order valence-electron chi connectivity index (χ4n) is 2.73. The zero-order valence-electron chi connectivity index (χ0n) is 13.0. The number of hydrogen-bond acceptors (Lipinski definition) is 4. The zero-order chi connectivity index (χ0) is 15.5. The predicted octanol–water partition coefficient (Wildman–Crippen LogP) is 4.53. The molecule has 2 aromatic rings. The maximum absolute atomic E-state index is 4.61. The average Bonchev–Trinajstić information content (AvgIpc) is 2.47. The summed E-state index contributed by atoms with van der Waals surface area (Å²) in [4.78, 5) is 11.5. The molecular weight excluding hydrogens is 340 g/mol. The highest BCUT2D eigenvalue weighted by molar-refractivity contribution is 9.10. The number of nitrogens with zero attached hydrogens (tertiary/aromatic N) is 3. The number of rotatable bonds is 3. The third-order valence-corrected chi connectivity index (χ3v) is 4.52. The summed E-state index contributed by atoms with van der Waals surface area (Å²) >= 11 is 3.49. The second-order valence-corrected chi connectivity index (χ2v) is 6.88. The second-order valence-electron chi connectivity index (χ2n) is 5.96. The quantitative estimate of drug-likeness (QED) is 0.872. The Labute approximate surface area is 140 Å². The number of anilines is 3. The summed E-state index contributed by atoms with van der Waals surface area (Å²) in [5.74, 6) is 3.49. The van der Waals surface area contributed by atoms with Gasteiger partial charge in [-0.3, -0.25) is 0 Å². The van der Waals surface area contributed by atoms with Crippen LogP contribution < -0.4 is 10.2 Å². The average molecular weight is 361 g/mol. The van der Waals surface area contributed by atoms with Crippen molar-refractivity contribution >= 4 is 33.3 Å². The molecule has 1 aliphatic rings. The molecule has 0 bridgehead atoms. The van der Waals surface area contributed by atoms with Gasteiger partial charge < -0.3 is 10.2 Å². The highest BCUT2D eigenvalue weighted by Crippen LogP contribution is 2.25. The van der Waals surface area contributed by atoms with Crippen LogP contribution in [0.15, 0.2) is 34.8 Å². The Morgan fingerprint density at radius 3 is 2.68 bits per heavy atom. The molecule has 0 spiro atoms. The molecule has 1 aliphatic heterocycles. The lowest BCUT2D eigenvalue weighted by Gasteiger charge is -2.31. The SMILES string of the molecule is Cc1nc(Nc2cccc(Br)c2)cc(N2CCC(C)CC2)n1. The third-order valence-electron chi connectivity index (χ3n) is 4.03. The van der Waals surface area contributed by atoms with E-state index < -0.39 is 0 Å². The molecule has 0 atom stereocenters. The van der Waals surface area contributed by atoms with Crippen LogP contribution in [-0.2, 0) is 0 Å². The van der Waals surface area contributed by atoms with Crippen molar-refractivity contribution in [2.75, 3.05) is 23.3 Å². The number of hydrogen-bond donors (Lipinski definition) is 1. The maximum atomic E-state index is 4.61. The summed E-state index contributed by atoms with van der Waals surface area (Å²) in [6.45, 7) is 6.42. The highest BCUT2D eigenvalue weighted by atomic mass is 79.9. The molecule has 4 nitrogen and oxygen atoms in total. The van der Waals surface area contributed by atoms with Crippen molar-refractivity contribution in [3.63, 3.8) is 0 Å². The van der Waals surface area contributed by atoms with E-state index in [0.29, 0.717) is 0 Å². The normalized spacial score (nSPS) is 15.9. The number of benzene rings is 1. The third kappa shape index (κ3) is 3.77. The van der Waals surface area contributed by atoms with E-state index in [4.69, 9.17) is 0 Å². The summed E-state index contributed by atoms with van der Waals surface area (Å²) < 4.78 is 1.05. The van der Waals surface area contributed by atoms with Gasteiger partial charge in [0.05, 0.1) is 0 Å². The molecule has 0 aliphatic carbocycles. The Balaban J connectivity index is 1.80. The number of halogens is 1. The second kappa shape index (κ2) is 6.65. The lowest BCUT2D eigenvalue weighted by molar-refractivity contribution is 0.436. The van der Waals surface area contributed by atoms with E-state index in [1.165, 1.54) is 12.8 Å². The first-order chi connectivity index (χ1) is 10.6. The van der Waals surface area contributed by atoms with Crippen LogP contribution in [0.3, 0.4) is 0 Å². The van der Waals surface area contributed by atoms with Crippen molar-refractivity contribution in [3.8, 4) is 0 Å². The van der Waals surface area contributed by atoms with Gasteiger partial charge in [-0.1, -0.05) is 28.9 Å². The molecule has 22 heavy (non-hydrogen) atoms. The number of aromatic nitrogens is 2. The molecule has 0 saturated carbocycles. The number of nitrogens with one attached hydrogen (secondary N) is 1. The molecule has 116 valence electrons. The number of aryl methyl sites for hydroxylation is 1. The largest absolute Gasteiger partial charge is 0.356 e. The molecule has 3 rings (SSSR count). The summed E-state index contributed by atoms with van der Waals surface area (Å²) in [5.41, 5.74) is 1.02. The minimum Gasteiger partial charge on any atom is -0.356 e. The first-order valence-electron chi connectivity index (χ1n) is 7.73. The van der Waals surface area contributed by atoms with Crippen LogP contribution in [0.4, 0.5) is 17.3 Å². The maximum Gasteiger partial charge on any atom is 0.136 e. The Hall–Kier alpha value is -1.62. The van der Waals surface area contributed by atoms with Gasteiger partial charge in [-0.2, -0.15) is 0 Å².